The molecule has 132 valence electrons. The van der Waals surface area contributed by atoms with Gasteiger partial charge in [0, 0.05) is 28.8 Å². The van der Waals surface area contributed by atoms with Gasteiger partial charge in [0.25, 0.3) is 0 Å². The predicted molar refractivity (Wildman–Crippen MR) is 101 cm³/mol. The molecule has 2 aromatic heterocycles. The second-order valence-corrected chi connectivity index (χ2v) is 6.74. The summed E-state index contributed by atoms with van der Waals surface area (Å²) in [4.78, 5) is 0. The topological polar surface area (TPSA) is 60.4 Å². The molecule has 0 amide bonds. The highest BCUT2D eigenvalue weighted by Crippen LogP contribution is 2.36. The number of hydrogen-bond donors (Lipinski definition) is 1. The van der Waals surface area contributed by atoms with Crippen molar-refractivity contribution < 1.29 is 13.7 Å². The van der Waals surface area contributed by atoms with Gasteiger partial charge in [-0.2, -0.15) is 0 Å². The average Bonchev–Trinajstić information content (AvgIpc) is 3.26. The fourth-order valence-electron chi connectivity index (χ4n) is 3.83. The van der Waals surface area contributed by atoms with E-state index < -0.39 is 0 Å². The SMILES string of the molecule is COc1cc2c(cc1NCc1noc3c1CCCC3)oc1ccccc12. The second kappa shape index (κ2) is 6.09. The highest BCUT2D eigenvalue weighted by molar-refractivity contribution is 6.06. The first-order valence-corrected chi connectivity index (χ1v) is 9.03. The van der Waals surface area contributed by atoms with E-state index in [0.29, 0.717) is 6.54 Å². The largest absolute Gasteiger partial charge is 0.495 e. The third-order valence-corrected chi connectivity index (χ3v) is 5.18. The molecule has 5 heteroatoms. The smallest absolute Gasteiger partial charge is 0.142 e. The van der Waals surface area contributed by atoms with Crippen LogP contribution in [-0.4, -0.2) is 12.3 Å². The number of hydrogen-bond acceptors (Lipinski definition) is 5. The first-order valence-electron chi connectivity index (χ1n) is 9.03. The summed E-state index contributed by atoms with van der Waals surface area (Å²) in [6, 6.07) is 12.1. The number of anilines is 1. The summed E-state index contributed by atoms with van der Waals surface area (Å²) in [7, 11) is 1.69. The van der Waals surface area contributed by atoms with E-state index in [1.54, 1.807) is 7.11 Å². The number of aryl methyl sites for hydroxylation is 1. The molecule has 0 fully saturated rings. The highest BCUT2D eigenvalue weighted by atomic mass is 16.5. The van der Waals surface area contributed by atoms with Gasteiger partial charge in [0.1, 0.15) is 28.4 Å². The van der Waals surface area contributed by atoms with Crippen LogP contribution in [0, 0.1) is 0 Å². The number of aromatic nitrogens is 1. The van der Waals surface area contributed by atoms with E-state index in [-0.39, 0.29) is 0 Å². The minimum absolute atomic E-state index is 0.612. The van der Waals surface area contributed by atoms with Crippen LogP contribution < -0.4 is 10.1 Å². The Morgan fingerprint density at radius 1 is 1.08 bits per heavy atom. The van der Waals surface area contributed by atoms with Gasteiger partial charge in [0.2, 0.25) is 0 Å². The second-order valence-electron chi connectivity index (χ2n) is 6.74. The van der Waals surface area contributed by atoms with Crippen LogP contribution in [0.15, 0.2) is 45.3 Å². The van der Waals surface area contributed by atoms with Crippen molar-refractivity contribution in [3.05, 3.63) is 53.4 Å². The van der Waals surface area contributed by atoms with E-state index in [4.69, 9.17) is 13.7 Å². The molecule has 0 radical (unpaired) electrons. The van der Waals surface area contributed by atoms with Crippen LogP contribution in [0.5, 0.6) is 5.75 Å². The number of rotatable bonds is 4. The maximum Gasteiger partial charge on any atom is 0.142 e. The van der Waals surface area contributed by atoms with E-state index >= 15 is 0 Å². The molecule has 2 heterocycles. The molecule has 0 atom stereocenters. The summed E-state index contributed by atoms with van der Waals surface area (Å²) in [5, 5.41) is 9.86. The molecule has 1 aliphatic carbocycles. The number of fused-ring (bicyclic) bond motifs is 4. The van der Waals surface area contributed by atoms with Gasteiger partial charge >= 0.3 is 0 Å². The first-order chi connectivity index (χ1) is 12.8. The summed E-state index contributed by atoms with van der Waals surface area (Å²) in [6.45, 7) is 0.612. The molecule has 0 bridgehead atoms. The molecule has 0 unspecified atom stereocenters. The van der Waals surface area contributed by atoms with E-state index in [2.05, 4.69) is 16.5 Å². The van der Waals surface area contributed by atoms with Gasteiger partial charge in [-0.05, 0) is 31.4 Å². The van der Waals surface area contributed by atoms with E-state index in [1.165, 1.54) is 18.4 Å². The molecule has 5 rings (SSSR count). The number of para-hydroxylation sites is 1. The van der Waals surface area contributed by atoms with Crippen LogP contribution >= 0.6 is 0 Å². The minimum atomic E-state index is 0.612. The predicted octanol–water partition coefficient (Wildman–Crippen LogP) is 5.07. The third-order valence-electron chi connectivity index (χ3n) is 5.18. The standard InChI is InChI=1S/C21H20N2O3/c1-24-21-10-15-13-6-2-4-8-18(13)25-20(15)11-16(21)22-12-17-14-7-3-5-9-19(14)26-23-17/h2,4,6,8,10-11,22H,3,5,7,9,12H2,1H3. The van der Waals surface area contributed by atoms with Crippen molar-refractivity contribution in [2.45, 2.75) is 32.2 Å². The van der Waals surface area contributed by atoms with Gasteiger partial charge in [0.15, 0.2) is 0 Å². The molecular weight excluding hydrogens is 328 g/mol. The molecule has 4 aromatic rings. The van der Waals surface area contributed by atoms with Gasteiger partial charge in [0.05, 0.1) is 19.3 Å². The number of nitrogens with zero attached hydrogens (tertiary/aromatic N) is 1. The van der Waals surface area contributed by atoms with Gasteiger partial charge in [-0.25, -0.2) is 0 Å². The van der Waals surface area contributed by atoms with E-state index in [1.807, 2.05) is 30.3 Å². The lowest BCUT2D eigenvalue weighted by Gasteiger charge is -2.12. The molecule has 0 saturated carbocycles. The zero-order chi connectivity index (χ0) is 17.5. The Hall–Kier alpha value is -2.95. The molecule has 0 aliphatic heterocycles. The Morgan fingerprint density at radius 2 is 1.96 bits per heavy atom. The lowest BCUT2D eigenvalue weighted by atomic mass is 9.96. The molecular formula is C21H20N2O3. The lowest BCUT2D eigenvalue weighted by Crippen LogP contribution is -2.06. The lowest BCUT2D eigenvalue weighted by molar-refractivity contribution is 0.368. The highest BCUT2D eigenvalue weighted by Gasteiger charge is 2.19. The normalized spacial score (nSPS) is 13.9. The molecule has 1 N–H and O–H groups in total. The first kappa shape index (κ1) is 15.3. The number of ether oxygens (including phenoxy) is 1. The van der Waals surface area contributed by atoms with Crippen molar-refractivity contribution in [1.82, 2.24) is 5.16 Å². The van der Waals surface area contributed by atoms with Crippen LogP contribution in [0.25, 0.3) is 21.9 Å². The van der Waals surface area contributed by atoms with Crippen molar-refractivity contribution >= 4 is 27.6 Å². The van der Waals surface area contributed by atoms with E-state index in [9.17, 15) is 0 Å². The van der Waals surface area contributed by atoms with Crippen molar-refractivity contribution in [1.29, 1.82) is 0 Å². The quantitative estimate of drug-likeness (QED) is 0.558. The summed E-state index contributed by atoms with van der Waals surface area (Å²) < 4.78 is 17.1. The van der Waals surface area contributed by atoms with Crippen molar-refractivity contribution in [2.75, 3.05) is 12.4 Å². The Morgan fingerprint density at radius 3 is 2.88 bits per heavy atom. The van der Waals surface area contributed by atoms with Gasteiger partial charge in [-0.1, -0.05) is 23.4 Å². The number of methoxy groups -OCH3 is 1. The molecule has 2 aromatic carbocycles. The summed E-state index contributed by atoms with van der Waals surface area (Å²) >= 11 is 0. The Labute approximate surface area is 150 Å². The molecule has 0 spiro atoms. The maximum absolute atomic E-state index is 5.99. The summed E-state index contributed by atoms with van der Waals surface area (Å²) in [5.41, 5.74) is 4.88. The van der Waals surface area contributed by atoms with Crippen LogP contribution in [0.4, 0.5) is 5.69 Å². The maximum atomic E-state index is 5.99. The Kier molecular flexibility index (Phi) is 3.59. The average molecular weight is 348 g/mol. The van der Waals surface area contributed by atoms with Crippen LogP contribution in [-0.2, 0) is 19.4 Å². The van der Waals surface area contributed by atoms with Crippen molar-refractivity contribution in [3.8, 4) is 5.75 Å². The number of nitrogens with one attached hydrogen (secondary N) is 1. The summed E-state index contributed by atoms with van der Waals surface area (Å²) in [6.07, 6.45) is 4.44. The summed E-state index contributed by atoms with van der Waals surface area (Å²) in [5.74, 6) is 1.84. The monoisotopic (exact) mass is 348 g/mol. The van der Waals surface area contributed by atoms with Crippen molar-refractivity contribution in [2.24, 2.45) is 0 Å². The van der Waals surface area contributed by atoms with Gasteiger partial charge in [-0.15, -0.1) is 0 Å². The fourth-order valence-corrected chi connectivity index (χ4v) is 3.83. The Balaban J connectivity index is 1.50. The zero-order valence-corrected chi connectivity index (χ0v) is 14.7. The number of furan rings is 1. The van der Waals surface area contributed by atoms with Crippen molar-refractivity contribution in [3.63, 3.8) is 0 Å². The van der Waals surface area contributed by atoms with Crippen LogP contribution in [0.1, 0.15) is 29.9 Å². The van der Waals surface area contributed by atoms with E-state index in [0.717, 1.165) is 57.7 Å². The fraction of sp³-hybridized carbons (Fsp3) is 0.286. The molecule has 5 nitrogen and oxygen atoms in total. The third kappa shape index (κ3) is 2.43. The molecule has 1 aliphatic rings. The van der Waals surface area contributed by atoms with Gasteiger partial charge in [-0.3, -0.25) is 0 Å². The zero-order valence-electron chi connectivity index (χ0n) is 14.7. The molecule has 0 saturated heterocycles. The molecule has 26 heavy (non-hydrogen) atoms. The van der Waals surface area contributed by atoms with Gasteiger partial charge < -0.3 is 19.0 Å². The number of benzene rings is 2. The van der Waals surface area contributed by atoms with Crippen LogP contribution in [0.2, 0.25) is 0 Å². The van der Waals surface area contributed by atoms with Crippen LogP contribution in [0.3, 0.4) is 0 Å². The Bertz CT molecular complexity index is 1090. The minimum Gasteiger partial charge on any atom is -0.495 e.